The molecule has 0 saturated carbocycles. The van der Waals surface area contributed by atoms with Gasteiger partial charge in [0.05, 0.1) is 24.6 Å². The van der Waals surface area contributed by atoms with Crippen LogP contribution in [0.1, 0.15) is 16.9 Å². The first-order valence-electron chi connectivity index (χ1n) is 10.2. The fraction of sp³-hybridized carbons (Fsp3) is 0.304. The number of amides is 1. The van der Waals surface area contributed by atoms with Crippen LogP contribution in [0.4, 0.5) is 4.39 Å². The lowest BCUT2D eigenvalue weighted by atomic mass is 10.1. The molecule has 1 amide bonds. The van der Waals surface area contributed by atoms with Crippen LogP contribution in [-0.4, -0.2) is 60.0 Å². The molecule has 0 spiro atoms. The van der Waals surface area contributed by atoms with E-state index in [0.717, 1.165) is 44.8 Å². The number of ether oxygens (including phenoxy) is 1. The van der Waals surface area contributed by atoms with Crippen LogP contribution in [0.2, 0.25) is 0 Å². The maximum atomic E-state index is 13.4. The van der Waals surface area contributed by atoms with Gasteiger partial charge < -0.3 is 10.1 Å². The number of hydrogen-bond acceptors (Lipinski definition) is 4. The van der Waals surface area contributed by atoms with Crippen molar-refractivity contribution in [2.75, 3.05) is 39.4 Å². The van der Waals surface area contributed by atoms with Crippen molar-refractivity contribution in [3.8, 4) is 16.9 Å². The highest BCUT2D eigenvalue weighted by Crippen LogP contribution is 2.22. The molecular formula is C23H25FN4O2. The van der Waals surface area contributed by atoms with Crippen molar-refractivity contribution >= 4 is 5.91 Å². The smallest absolute Gasteiger partial charge is 0.270 e. The number of nitrogens with zero attached hydrogens (tertiary/aromatic N) is 3. The van der Waals surface area contributed by atoms with Gasteiger partial charge in [0.15, 0.2) is 0 Å². The molecule has 2 aromatic carbocycles. The highest BCUT2D eigenvalue weighted by atomic mass is 19.1. The number of hydrogen-bond donors (Lipinski definition) is 1. The topological polar surface area (TPSA) is 59.4 Å². The third-order valence-electron chi connectivity index (χ3n) is 5.12. The average Bonchev–Trinajstić information content (AvgIpc) is 3.24. The molecule has 0 atom stereocenters. The molecule has 0 bridgehead atoms. The number of morpholine rings is 1. The molecule has 0 aliphatic carbocycles. The van der Waals surface area contributed by atoms with E-state index in [1.807, 2.05) is 30.3 Å². The normalized spacial score (nSPS) is 14.6. The molecule has 0 unspecified atom stereocenters. The fourth-order valence-electron chi connectivity index (χ4n) is 3.49. The molecule has 2 heterocycles. The first-order chi connectivity index (χ1) is 14.7. The van der Waals surface area contributed by atoms with E-state index in [2.05, 4.69) is 15.3 Å². The summed E-state index contributed by atoms with van der Waals surface area (Å²) in [6.45, 7) is 4.91. The van der Waals surface area contributed by atoms with Crippen molar-refractivity contribution in [1.82, 2.24) is 20.0 Å². The molecule has 4 rings (SSSR count). The summed E-state index contributed by atoms with van der Waals surface area (Å²) in [5.74, 6) is -0.528. The summed E-state index contributed by atoms with van der Waals surface area (Å²) in [6, 6.07) is 17.4. The number of carbonyl (C=O) groups is 1. The van der Waals surface area contributed by atoms with Crippen LogP contribution >= 0.6 is 0 Å². The summed E-state index contributed by atoms with van der Waals surface area (Å²) < 4.78 is 20.3. The Morgan fingerprint density at radius 3 is 2.53 bits per heavy atom. The molecule has 1 N–H and O–H groups in total. The largest absolute Gasteiger partial charge is 0.379 e. The summed E-state index contributed by atoms with van der Waals surface area (Å²) >= 11 is 0. The minimum atomic E-state index is -0.330. The SMILES string of the molecule is O=C(NCCCN1CCOCC1)c1cc(-c2ccccc2)nn1-c1ccc(F)cc1. The monoisotopic (exact) mass is 408 g/mol. The minimum absolute atomic E-state index is 0.198. The van der Waals surface area contributed by atoms with Crippen LogP contribution in [0.25, 0.3) is 16.9 Å². The number of nitrogens with one attached hydrogen (secondary N) is 1. The molecule has 1 aliphatic rings. The zero-order valence-electron chi connectivity index (χ0n) is 16.8. The zero-order valence-corrected chi connectivity index (χ0v) is 16.8. The van der Waals surface area contributed by atoms with E-state index in [4.69, 9.17) is 4.74 Å². The highest BCUT2D eigenvalue weighted by Gasteiger charge is 2.18. The molecule has 1 saturated heterocycles. The van der Waals surface area contributed by atoms with Crippen molar-refractivity contribution in [1.29, 1.82) is 0 Å². The van der Waals surface area contributed by atoms with Gasteiger partial charge in [-0.25, -0.2) is 9.07 Å². The number of halogens is 1. The Hall–Kier alpha value is -3.03. The van der Waals surface area contributed by atoms with E-state index >= 15 is 0 Å². The van der Waals surface area contributed by atoms with E-state index in [-0.39, 0.29) is 11.7 Å². The first kappa shape index (κ1) is 20.3. The molecule has 0 radical (unpaired) electrons. The van der Waals surface area contributed by atoms with Crippen molar-refractivity contribution in [3.63, 3.8) is 0 Å². The second-order valence-corrected chi connectivity index (χ2v) is 7.23. The van der Waals surface area contributed by atoms with Gasteiger partial charge >= 0.3 is 0 Å². The second kappa shape index (κ2) is 9.65. The van der Waals surface area contributed by atoms with E-state index in [0.29, 0.717) is 23.6 Å². The van der Waals surface area contributed by atoms with Crippen LogP contribution in [-0.2, 0) is 4.74 Å². The number of benzene rings is 2. The van der Waals surface area contributed by atoms with E-state index < -0.39 is 0 Å². The Balaban J connectivity index is 1.49. The lowest BCUT2D eigenvalue weighted by Gasteiger charge is -2.26. The molecule has 1 aliphatic heterocycles. The lowest BCUT2D eigenvalue weighted by Crippen LogP contribution is -2.38. The van der Waals surface area contributed by atoms with Crippen molar-refractivity contribution in [2.24, 2.45) is 0 Å². The fourth-order valence-corrected chi connectivity index (χ4v) is 3.49. The van der Waals surface area contributed by atoms with E-state index in [9.17, 15) is 9.18 Å². The summed E-state index contributed by atoms with van der Waals surface area (Å²) in [4.78, 5) is 15.3. The molecule has 30 heavy (non-hydrogen) atoms. The van der Waals surface area contributed by atoms with Crippen molar-refractivity contribution in [2.45, 2.75) is 6.42 Å². The number of carbonyl (C=O) groups excluding carboxylic acids is 1. The van der Waals surface area contributed by atoms with Crippen LogP contribution in [0.5, 0.6) is 0 Å². The van der Waals surface area contributed by atoms with Crippen LogP contribution < -0.4 is 5.32 Å². The molecule has 1 fully saturated rings. The van der Waals surface area contributed by atoms with E-state index in [1.54, 1.807) is 22.9 Å². The maximum Gasteiger partial charge on any atom is 0.270 e. The van der Waals surface area contributed by atoms with Crippen LogP contribution in [0, 0.1) is 5.82 Å². The minimum Gasteiger partial charge on any atom is -0.379 e. The summed E-state index contributed by atoms with van der Waals surface area (Å²) in [5, 5.41) is 7.61. The summed E-state index contributed by atoms with van der Waals surface area (Å²) in [6.07, 6.45) is 0.863. The van der Waals surface area contributed by atoms with Crippen LogP contribution in [0.15, 0.2) is 60.7 Å². The molecule has 156 valence electrons. The highest BCUT2D eigenvalue weighted by molar-refractivity contribution is 5.94. The molecular weight excluding hydrogens is 383 g/mol. The molecule has 1 aromatic heterocycles. The van der Waals surface area contributed by atoms with Gasteiger partial charge in [0, 0.05) is 25.2 Å². The zero-order chi connectivity index (χ0) is 20.8. The van der Waals surface area contributed by atoms with E-state index in [1.165, 1.54) is 12.1 Å². The van der Waals surface area contributed by atoms with Gasteiger partial charge in [-0.2, -0.15) is 5.10 Å². The average molecular weight is 408 g/mol. The van der Waals surface area contributed by atoms with Gasteiger partial charge in [0.1, 0.15) is 11.5 Å². The number of rotatable bonds is 7. The lowest BCUT2D eigenvalue weighted by molar-refractivity contribution is 0.0374. The predicted octanol–water partition coefficient (Wildman–Crippen LogP) is 3.13. The third-order valence-corrected chi connectivity index (χ3v) is 5.12. The van der Waals surface area contributed by atoms with Crippen molar-refractivity contribution < 1.29 is 13.9 Å². The standard InChI is InChI=1S/C23H25FN4O2/c24-19-7-9-20(10-8-19)28-22(17-21(26-28)18-5-2-1-3-6-18)23(29)25-11-4-12-27-13-15-30-16-14-27/h1-3,5-10,17H,4,11-16H2,(H,25,29). The van der Waals surface area contributed by atoms with Gasteiger partial charge in [0.25, 0.3) is 5.91 Å². The van der Waals surface area contributed by atoms with Gasteiger partial charge in [-0.05, 0) is 43.3 Å². The van der Waals surface area contributed by atoms with Gasteiger partial charge in [-0.15, -0.1) is 0 Å². The van der Waals surface area contributed by atoms with Crippen molar-refractivity contribution in [3.05, 3.63) is 72.2 Å². The Bertz CT molecular complexity index is 967. The molecule has 7 heteroatoms. The Kier molecular flexibility index (Phi) is 6.51. The predicted molar refractivity (Wildman–Crippen MR) is 113 cm³/mol. The second-order valence-electron chi connectivity index (χ2n) is 7.23. The number of aromatic nitrogens is 2. The Morgan fingerprint density at radius 1 is 1.07 bits per heavy atom. The maximum absolute atomic E-state index is 13.4. The Labute approximate surface area is 175 Å². The van der Waals surface area contributed by atoms with Gasteiger partial charge in [-0.1, -0.05) is 30.3 Å². The quantitative estimate of drug-likeness (QED) is 0.611. The van der Waals surface area contributed by atoms with Crippen LogP contribution in [0.3, 0.4) is 0 Å². The third kappa shape index (κ3) is 4.93. The van der Waals surface area contributed by atoms with Gasteiger partial charge in [-0.3, -0.25) is 9.69 Å². The summed E-state index contributed by atoms with van der Waals surface area (Å²) in [7, 11) is 0. The molecule has 6 nitrogen and oxygen atoms in total. The molecule has 3 aromatic rings. The van der Waals surface area contributed by atoms with Gasteiger partial charge in [0.2, 0.25) is 0 Å². The summed E-state index contributed by atoms with van der Waals surface area (Å²) in [5.41, 5.74) is 2.67. The first-order valence-corrected chi connectivity index (χ1v) is 10.2. The Morgan fingerprint density at radius 2 is 1.80 bits per heavy atom.